The molecule has 0 aromatic rings. The Bertz CT molecular complexity index is 62.6. The first-order valence-electron chi connectivity index (χ1n) is 4.58. The fraction of sp³-hybridized carbons (Fsp3) is 1.00. The van der Waals surface area contributed by atoms with E-state index in [4.69, 9.17) is 5.73 Å². The van der Waals surface area contributed by atoms with Crippen LogP contribution in [0.4, 0.5) is 0 Å². The van der Waals surface area contributed by atoms with E-state index in [0.29, 0.717) is 6.04 Å². The highest BCUT2D eigenvalue weighted by atomic mass is 15.1. The van der Waals surface area contributed by atoms with E-state index in [-0.39, 0.29) is 0 Å². The Morgan fingerprint density at radius 2 is 1.73 bits per heavy atom. The minimum Gasteiger partial charge on any atom is -0.330 e. The summed E-state index contributed by atoms with van der Waals surface area (Å²) in [6.45, 7) is 10.3. The predicted octanol–water partition coefficient (Wildman–Crippen LogP) is 1.70. The standard InChI is InChI=1S/C7H18N2.C2H6/c1-7(2)9(3)6-4-5-8;1-2/h7H,4-6,8H2,1-3H3;1-2H3. The third kappa shape index (κ3) is 9.92. The molecule has 2 N–H and O–H groups in total. The second kappa shape index (κ2) is 9.92. The van der Waals surface area contributed by atoms with Gasteiger partial charge in [-0.15, -0.1) is 0 Å². The molecule has 0 spiro atoms. The molecule has 0 aromatic heterocycles. The van der Waals surface area contributed by atoms with Gasteiger partial charge in [0.15, 0.2) is 0 Å². The predicted molar refractivity (Wildman–Crippen MR) is 52.8 cm³/mol. The summed E-state index contributed by atoms with van der Waals surface area (Å²) >= 11 is 0. The molecule has 11 heavy (non-hydrogen) atoms. The van der Waals surface area contributed by atoms with Gasteiger partial charge in [-0.3, -0.25) is 0 Å². The summed E-state index contributed by atoms with van der Waals surface area (Å²) in [5.41, 5.74) is 5.35. The lowest BCUT2D eigenvalue weighted by molar-refractivity contribution is 0.272. The Labute approximate surface area is 71.8 Å². The second-order valence-electron chi connectivity index (χ2n) is 2.72. The molecule has 2 heteroatoms. The molecule has 0 aliphatic carbocycles. The van der Waals surface area contributed by atoms with Crippen LogP contribution in [0, 0.1) is 0 Å². The highest BCUT2D eigenvalue weighted by Gasteiger charge is 1.99. The average Bonchev–Trinajstić information content (AvgIpc) is 2.03. The second-order valence-corrected chi connectivity index (χ2v) is 2.72. The SMILES string of the molecule is CC.CC(C)N(C)CCCN. The van der Waals surface area contributed by atoms with Crippen LogP contribution >= 0.6 is 0 Å². The summed E-state index contributed by atoms with van der Waals surface area (Å²) in [7, 11) is 2.13. The summed E-state index contributed by atoms with van der Waals surface area (Å²) in [6, 6.07) is 0.650. The highest BCUT2D eigenvalue weighted by molar-refractivity contribution is 4.55. The molecule has 0 saturated heterocycles. The topological polar surface area (TPSA) is 29.3 Å². The van der Waals surface area contributed by atoms with Crippen LogP contribution in [0.15, 0.2) is 0 Å². The van der Waals surface area contributed by atoms with E-state index in [1.165, 1.54) is 0 Å². The molecule has 2 nitrogen and oxygen atoms in total. The van der Waals surface area contributed by atoms with Gasteiger partial charge < -0.3 is 10.6 Å². The Morgan fingerprint density at radius 1 is 1.27 bits per heavy atom. The first kappa shape index (κ1) is 13.5. The maximum atomic E-state index is 5.35. The van der Waals surface area contributed by atoms with Gasteiger partial charge in [-0.2, -0.15) is 0 Å². The summed E-state index contributed by atoms with van der Waals surface area (Å²) < 4.78 is 0. The van der Waals surface area contributed by atoms with Gasteiger partial charge in [0.05, 0.1) is 0 Å². The van der Waals surface area contributed by atoms with Crippen LogP contribution in [0.25, 0.3) is 0 Å². The van der Waals surface area contributed by atoms with Crippen molar-refractivity contribution in [2.45, 2.75) is 40.2 Å². The molecule has 0 aliphatic rings. The summed E-state index contributed by atoms with van der Waals surface area (Å²) in [6.07, 6.45) is 1.11. The third-order valence-corrected chi connectivity index (χ3v) is 1.60. The quantitative estimate of drug-likeness (QED) is 0.678. The zero-order chi connectivity index (χ0) is 9.28. The number of rotatable bonds is 4. The van der Waals surface area contributed by atoms with Gasteiger partial charge >= 0.3 is 0 Å². The van der Waals surface area contributed by atoms with Gasteiger partial charge in [-0.1, -0.05) is 13.8 Å². The Morgan fingerprint density at radius 3 is 2.00 bits per heavy atom. The molecule has 0 heterocycles. The first-order chi connectivity index (χ1) is 5.18. The molecule has 0 aliphatic heterocycles. The van der Waals surface area contributed by atoms with Gasteiger partial charge in [-0.05, 0) is 40.4 Å². The zero-order valence-electron chi connectivity index (χ0n) is 8.72. The normalized spacial score (nSPS) is 9.82. The van der Waals surface area contributed by atoms with E-state index < -0.39 is 0 Å². The fourth-order valence-corrected chi connectivity index (χ4v) is 0.599. The van der Waals surface area contributed by atoms with Crippen molar-refractivity contribution in [3.8, 4) is 0 Å². The lowest BCUT2D eigenvalue weighted by Gasteiger charge is -2.19. The Hall–Kier alpha value is -0.0800. The largest absolute Gasteiger partial charge is 0.330 e. The smallest absolute Gasteiger partial charge is 0.00355 e. The van der Waals surface area contributed by atoms with Crippen molar-refractivity contribution in [3.05, 3.63) is 0 Å². The molecule has 70 valence electrons. The molecule has 0 unspecified atom stereocenters. The number of nitrogens with two attached hydrogens (primary N) is 1. The molecular weight excluding hydrogens is 136 g/mol. The van der Waals surface area contributed by atoms with Crippen LogP contribution in [0.2, 0.25) is 0 Å². The number of nitrogens with zero attached hydrogens (tertiary/aromatic N) is 1. The van der Waals surface area contributed by atoms with Gasteiger partial charge in [0.2, 0.25) is 0 Å². The van der Waals surface area contributed by atoms with E-state index >= 15 is 0 Å². The Kier molecular flexibility index (Phi) is 12.2. The maximum absolute atomic E-state index is 5.35. The monoisotopic (exact) mass is 160 g/mol. The molecular formula is C9H24N2. The van der Waals surface area contributed by atoms with Gasteiger partial charge in [0, 0.05) is 6.04 Å². The lowest BCUT2D eigenvalue weighted by atomic mass is 10.3. The lowest BCUT2D eigenvalue weighted by Crippen LogP contribution is -2.28. The fourth-order valence-electron chi connectivity index (χ4n) is 0.599. The van der Waals surface area contributed by atoms with E-state index in [0.717, 1.165) is 19.5 Å². The molecule has 0 atom stereocenters. The van der Waals surface area contributed by atoms with E-state index in [1.807, 2.05) is 13.8 Å². The van der Waals surface area contributed by atoms with Crippen LogP contribution in [0.5, 0.6) is 0 Å². The van der Waals surface area contributed by atoms with Crippen molar-refractivity contribution in [1.82, 2.24) is 4.90 Å². The van der Waals surface area contributed by atoms with Gasteiger partial charge in [-0.25, -0.2) is 0 Å². The van der Waals surface area contributed by atoms with E-state index in [1.54, 1.807) is 0 Å². The molecule has 0 aromatic carbocycles. The van der Waals surface area contributed by atoms with Crippen molar-refractivity contribution in [3.63, 3.8) is 0 Å². The van der Waals surface area contributed by atoms with Crippen LogP contribution in [0.1, 0.15) is 34.1 Å². The highest BCUT2D eigenvalue weighted by Crippen LogP contribution is 1.93. The number of hydrogen-bond acceptors (Lipinski definition) is 2. The van der Waals surface area contributed by atoms with Crippen LogP contribution in [-0.2, 0) is 0 Å². The van der Waals surface area contributed by atoms with Crippen molar-refractivity contribution in [1.29, 1.82) is 0 Å². The summed E-state index contributed by atoms with van der Waals surface area (Å²) in [5, 5.41) is 0. The molecule has 0 bridgehead atoms. The molecule has 0 radical (unpaired) electrons. The average molecular weight is 160 g/mol. The van der Waals surface area contributed by atoms with Gasteiger partial charge in [0.1, 0.15) is 0 Å². The number of hydrogen-bond donors (Lipinski definition) is 1. The Balaban J connectivity index is 0. The molecule has 0 saturated carbocycles. The zero-order valence-corrected chi connectivity index (χ0v) is 8.72. The minimum atomic E-state index is 0.650. The molecule has 0 amide bonds. The molecule has 0 rings (SSSR count). The van der Waals surface area contributed by atoms with Crippen LogP contribution in [0.3, 0.4) is 0 Å². The van der Waals surface area contributed by atoms with Crippen LogP contribution in [-0.4, -0.2) is 31.1 Å². The van der Waals surface area contributed by atoms with E-state index in [9.17, 15) is 0 Å². The third-order valence-electron chi connectivity index (χ3n) is 1.60. The van der Waals surface area contributed by atoms with E-state index in [2.05, 4.69) is 25.8 Å². The summed E-state index contributed by atoms with van der Waals surface area (Å²) in [5.74, 6) is 0. The van der Waals surface area contributed by atoms with Crippen molar-refractivity contribution < 1.29 is 0 Å². The van der Waals surface area contributed by atoms with Gasteiger partial charge in [0.25, 0.3) is 0 Å². The maximum Gasteiger partial charge on any atom is 0.00355 e. The summed E-state index contributed by atoms with van der Waals surface area (Å²) in [4.78, 5) is 2.30. The van der Waals surface area contributed by atoms with Crippen molar-refractivity contribution in [2.75, 3.05) is 20.1 Å². The molecule has 0 fully saturated rings. The van der Waals surface area contributed by atoms with Crippen LogP contribution < -0.4 is 5.73 Å². The van der Waals surface area contributed by atoms with Crippen molar-refractivity contribution >= 4 is 0 Å². The first-order valence-corrected chi connectivity index (χ1v) is 4.58. The van der Waals surface area contributed by atoms with Crippen molar-refractivity contribution in [2.24, 2.45) is 5.73 Å². The minimum absolute atomic E-state index is 0.650.